The number of halogens is 1. The van der Waals surface area contributed by atoms with Crippen molar-refractivity contribution in [1.82, 2.24) is 5.43 Å². The van der Waals surface area contributed by atoms with Crippen molar-refractivity contribution in [2.24, 2.45) is 5.84 Å². The third kappa shape index (κ3) is 4.25. The lowest BCUT2D eigenvalue weighted by Crippen LogP contribution is -2.40. The van der Waals surface area contributed by atoms with Crippen LogP contribution in [0.2, 0.25) is 5.02 Å². The highest BCUT2D eigenvalue weighted by molar-refractivity contribution is 6.30. The molecule has 1 fully saturated rings. The fraction of sp³-hybridized carbons (Fsp3) is 0.571. The molecule has 18 heavy (non-hydrogen) atoms. The molecular formula is C14H21ClN2O. The Bertz CT molecular complexity index is 349. The number of hydrogen-bond donors (Lipinski definition) is 2. The zero-order valence-corrected chi connectivity index (χ0v) is 11.3. The van der Waals surface area contributed by atoms with E-state index in [0.717, 1.165) is 30.9 Å². The summed E-state index contributed by atoms with van der Waals surface area (Å²) in [7, 11) is 0. The van der Waals surface area contributed by atoms with Crippen molar-refractivity contribution >= 4 is 11.6 Å². The first-order chi connectivity index (χ1) is 8.78. The van der Waals surface area contributed by atoms with Crippen LogP contribution >= 0.6 is 11.6 Å². The maximum atomic E-state index is 5.88. The van der Waals surface area contributed by atoms with E-state index in [1.54, 1.807) is 0 Å². The van der Waals surface area contributed by atoms with E-state index in [0.29, 0.717) is 6.10 Å². The van der Waals surface area contributed by atoms with E-state index in [9.17, 15) is 0 Å². The predicted octanol–water partition coefficient (Wildman–Crippen LogP) is 2.67. The Hall–Kier alpha value is -0.610. The highest BCUT2D eigenvalue weighted by Gasteiger charge is 2.19. The first-order valence-electron chi connectivity index (χ1n) is 6.60. The van der Waals surface area contributed by atoms with Crippen molar-refractivity contribution in [1.29, 1.82) is 0 Å². The highest BCUT2D eigenvalue weighted by Crippen LogP contribution is 2.19. The van der Waals surface area contributed by atoms with E-state index in [2.05, 4.69) is 17.6 Å². The number of hydrogen-bond acceptors (Lipinski definition) is 3. The van der Waals surface area contributed by atoms with E-state index in [-0.39, 0.29) is 6.04 Å². The summed E-state index contributed by atoms with van der Waals surface area (Å²) in [5.41, 5.74) is 4.15. The maximum Gasteiger partial charge on any atom is 0.0590 e. The molecule has 0 radical (unpaired) electrons. The summed E-state index contributed by atoms with van der Waals surface area (Å²) in [6, 6.07) is 8.20. The van der Waals surface area contributed by atoms with Gasteiger partial charge in [0.15, 0.2) is 0 Å². The van der Waals surface area contributed by atoms with Crippen LogP contribution < -0.4 is 11.3 Å². The van der Waals surface area contributed by atoms with Gasteiger partial charge in [-0.25, -0.2) is 0 Å². The number of ether oxygens (including phenoxy) is 1. The Labute approximate surface area is 114 Å². The van der Waals surface area contributed by atoms with Crippen molar-refractivity contribution in [2.75, 3.05) is 6.61 Å². The average Bonchev–Trinajstić information content (AvgIpc) is 2.41. The van der Waals surface area contributed by atoms with Crippen molar-refractivity contribution in [2.45, 2.75) is 44.2 Å². The van der Waals surface area contributed by atoms with Gasteiger partial charge in [-0.05, 0) is 49.8 Å². The fourth-order valence-electron chi connectivity index (χ4n) is 2.43. The van der Waals surface area contributed by atoms with Crippen LogP contribution in [0.3, 0.4) is 0 Å². The molecule has 1 saturated heterocycles. The molecule has 0 spiro atoms. The molecule has 0 saturated carbocycles. The minimum atomic E-state index is 0.259. The largest absolute Gasteiger partial charge is 0.378 e. The number of nitrogens with two attached hydrogens (primary N) is 1. The Balaban J connectivity index is 1.86. The van der Waals surface area contributed by atoms with E-state index in [1.165, 1.54) is 18.4 Å². The topological polar surface area (TPSA) is 47.3 Å². The molecule has 0 aromatic heterocycles. The van der Waals surface area contributed by atoms with Gasteiger partial charge in [-0.2, -0.15) is 0 Å². The minimum absolute atomic E-state index is 0.259. The van der Waals surface area contributed by atoms with Crippen LogP contribution in [0.5, 0.6) is 0 Å². The molecule has 0 bridgehead atoms. The standard InChI is InChI=1S/C14H21ClN2O/c15-12-6-4-11(5-7-12)9-13(17-16)10-14-3-1-2-8-18-14/h4-7,13-14,17H,1-3,8-10,16H2. The van der Waals surface area contributed by atoms with Crippen LogP contribution in [-0.2, 0) is 11.2 Å². The smallest absolute Gasteiger partial charge is 0.0590 e. The van der Waals surface area contributed by atoms with Gasteiger partial charge in [-0.15, -0.1) is 0 Å². The van der Waals surface area contributed by atoms with Gasteiger partial charge in [0.05, 0.1) is 6.10 Å². The van der Waals surface area contributed by atoms with Crippen LogP contribution in [0.25, 0.3) is 0 Å². The van der Waals surface area contributed by atoms with Crippen LogP contribution in [0, 0.1) is 0 Å². The summed E-state index contributed by atoms with van der Waals surface area (Å²) in [5.74, 6) is 5.64. The maximum absolute atomic E-state index is 5.88. The van der Waals surface area contributed by atoms with E-state index >= 15 is 0 Å². The molecule has 3 nitrogen and oxygen atoms in total. The molecule has 1 aromatic carbocycles. The number of hydrazine groups is 1. The van der Waals surface area contributed by atoms with Crippen LogP contribution in [0.1, 0.15) is 31.2 Å². The number of rotatable bonds is 5. The quantitative estimate of drug-likeness (QED) is 0.638. The summed E-state index contributed by atoms with van der Waals surface area (Å²) in [5, 5.41) is 0.770. The molecule has 0 aliphatic carbocycles. The normalized spacial score (nSPS) is 21.8. The number of benzene rings is 1. The molecule has 3 N–H and O–H groups in total. The monoisotopic (exact) mass is 268 g/mol. The molecule has 2 atom stereocenters. The molecule has 4 heteroatoms. The van der Waals surface area contributed by atoms with Gasteiger partial charge < -0.3 is 4.74 Å². The molecule has 2 rings (SSSR count). The van der Waals surface area contributed by atoms with Crippen molar-refractivity contribution in [3.8, 4) is 0 Å². The molecule has 0 amide bonds. The lowest BCUT2D eigenvalue weighted by molar-refractivity contribution is 0.00524. The third-order valence-electron chi connectivity index (χ3n) is 3.45. The van der Waals surface area contributed by atoms with Gasteiger partial charge in [-0.3, -0.25) is 11.3 Å². The molecule has 100 valence electrons. The second-order valence-electron chi connectivity index (χ2n) is 4.92. The Morgan fingerprint density at radius 3 is 2.72 bits per heavy atom. The molecule has 1 aliphatic heterocycles. The average molecular weight is 269 g/mol. The van der Waals surface area contributed by atoms with E-state index < -0.39 is 0 Å². The molecule has 1 aliphatic rings. The Morgan fingerprint density at radius 2 is 2.11 bits per heavy atom. The van der Waals surface area contributed by atoms with Crippen LogP contribution in [0.4, 0.5) is 0 Å². The summed E-state index contributed by atoms with van der Waals surface area (Å²) < 4.78 is 5.75. The van der Waals surface area contributed by atoms with Gasteiger partial charge >= 0.3 is 0 Å². The van der Waals surface area contributed by atoms with E-state index in [1.807, 2.05) is 12.1 Å². The Morgan fingerprint density at radius 1 is 1.33 bits per heavy atom. The molecule has 1 aromatic rings. The second-order valence-corrected chi connectivity index (χ2v) is 5.35. The third-order valence-corrected chi connectivity index (χ3v) is 3.70. The lowest BCUT2D eigenvalue weighted by atomic mass is 9.97. The number of nitrogens with one attached hydrogen (secondary N) is 1. The van der Waals surface area contributed by atoms with Gasteiger partial charge in [0.1, 0.15) is 0 Å². The fourth-order valence-corrected chi connectivity index (χ4v) is 2.55. The zero-order valence-electron chi connectivity index (χ0n) is 10.6. The molecule has 2 unspecified atom stereocenters. The zero-order chi connectivity index (χ0) is 12.8. The summed E-state index contributed by atoms with van der Waals surface area (Å²) in [6.07, 6.45) is 5.84. The van der Waals surface area contributed by atoms with Crippen LogP contribution in [0.15, 0.2) is 24.3 Å². The summed E-state index contributed by atoms with van der Waals surface area (Å²) in [6.45, 7) is 0.892. The molecule has 1 heterocycles. The first-order valence-corrected chi connectivity index (χ1v) is 6.98. The predicted molar refractivity (Wildman–Crippen MR) is 74.5 cm³/mol. The van der Waals surface area contributed by atoms with Gasteiger partial charge in [0.25, 0.3) is 0 Å². The van der Waals surface area contributed by atoms with E-state index in [4.69, 9.17) is 22.2 Å². The lowest BCUT2D eigenvalue weighted by Gasteiger charge is -2.26. The summed E-state index contributed by atoms with van der Waals surface area (Å²) in [4.78, 5) is 0. The van der Waals surface area contributed by atoms with Gasteiger partial charge in [0.2, 0.25) is 0 Å². The highest BCUT2D eigenvalue weighted by atomic mass is 35.5. The minimum Gasteiger partial charge on any atom is -0.378 e. The molecular weight excluding hydrogens is 248 g/mol. The van der Waals surface area contributed by atoms with Crippen LogP contribution in [-0.4, -0.2) is 18.8 Å². The van der Waals surface area contributed by atoms with Crippen molar-refractivity contribution in [3.05, 3.63) is 34.9 Å². The SMILES string of the molecule is NNC(Cc1ccc(Cl)cc1)CC1CCCCO1. The summed E-state index contributed by atoms with van der Waals surface area (Å²) >= 11 is 5.88. The Kier molecular flexibility index (Phi) is 5.45. The van der Waals surface area contributed by atoms with Crippen molar-refractivity contribution < 1.29 is 4.74 Å². The van der Waals surface area contributed by atoms with Crippen molar-refractivity contribution in [3.63, 3.8) is 0 Å². The first kappa shape index (κ1) is 13.8. The second kappa shape index (κ2) is 7.10. The van der Waals surface area contributed by atoms with Gasteiger partial charge in [0, 0.05) is 17.7 Å². The van der Waals surface area contributed by atoms with Gasteiger partial charge in [-0.1, -0.05) is 23.7 Å².